The molecule has 0 saturated carbocycles. The molecule has 3 aromatic heterocycles. The average molecular weight is 448 g/mol. The standard InChI is InChI=1S/C23H21N5O3S/c1-2-15-11-20(31-27-15)22(30)28-9-7-14(13-28)19-12-17(16-5-3-4-6-18(16)25-19)21(29)26-23-24-8-10-32-23/h3-6,8,10-12,14H,2,7,9,13H2,1H3,(H,24,26,29). The van der Waals surface area contributed by atoms with Gasteiger partial charge in [-0.05, 0) is 25.0 Å². The van der Waals surface area contributed by atoms with E-state index in [9.17, 15) is 9.59 Å². The Morgan fingerprint density at radius 1 is 1.28 bits per heavy atom. The van der Waals surface area contributed by atoms with Gasteiger partial charge in [0.25, 0.3) is 11.8 Å². The largest absolute Gasteiger partial charge is 0.351 e. The summed E-state index contributed by atoms with van der Waals surface area (Å²) in [6.07, 6.45) is 3.13. The maximum absolute atomic E-state index is 13.0. The number of anilines is 1. The number of hydrogen-bond acceptors (Lipinski definition) is 7. The fourth-order valence-electron chi connectivity index (χ4n) is 3.96. The van der Waals surface area contributed by atoms with Gasteiger partial charge in [0, 0.05) is 47.7 Å². The topological polar surface area (TPSA) is 101 Å². The maximum Gasteiger partial charge on any atom is 0.292 e. The third-order valence-electron chi connectivity index (χ3n) is 5.66. The predicted molar refractivity (Wildman–Crippen MR) is 121 cm³/mol. The number of nitrogens with one attached hydrogen (secondary N) is 1. The molecule has 1 aromatic carbocycles. The molecule has 1 saturated heterocycles. The second kappa shape index (κ2) is 8.51. The van der Waals surface area contributed by atoms with Gasteiger partial charge >= 0.3 is 0 Å². The molecule has 0 aliphatic carbocycles. The van der Waals surface area contributed by atoms with Gasteiger partial charge in [0.1, 0.15) is 0 Å². The molecule has 0 radical (unpaired) electrons. The third-order valence-corrected chi connectivity index (χ3v) is 6.35. The highest BCUT2D eigenvalue weighted by atomic mass is 32.1. The van der Waals surface area contributed by atoms with Gasteiger partial charge in [-0.2, -0.15) is 0 Å². The quantitative estimate of drug-likeness (QED) is 0.494. The summed E-state index contributed by atoms with van der Waals surface area (Å²) in [6, 6.07) is 11.1. The minimum absolute atomic E-state index is 0.0311. The molecule has 0 spiro atoms. The lowest BCUT2D eigenvalue weighted by Crippen LogP contribution is -2.28. The number of carbonyl (C=O) groups excluding carboxylic acids is 2. The van der Waals surface area contributed by atoms with E-state index in [0.717, 1.165) is 28.7 Å². The highest BCUT2D eigenvalue weighted by molar-refractivity contribution is 7.13. The van der Waals surface area contributed by atoms with Crippen molar-refractivity contribution in [1.82, 2.24) is 20.0 Å². The second-order valence-electron chi connectivity index (χ2n) is 7.68. The van der Waals surface area contributed by atoms with Gasteiger partial charge in [0.2, 0.25) is 5.76 Å². The van der Waals surface area contributed by atoms with Crippen molar-refractivity contribution >= 4 is 39.2 Å². The fraction of sp³-hybridized carbons (Fsp3) is 0.261. The lowest BCUT2D eigenvalue weighted by Gasteiger charge is -2.16. The summed E-state index contributed by atoms with van der Waals surface area (Å²) >= 11 is 1.37. The van der Waals surface area contributed by atoms with Crippen molar-refractivity contribution in [2.75, 3.05) is 18.4 Å². The lowest BCUT2D eigenvalue weighted by molar-refractivity contribution is 0.0749. The van der Waals surface area contributed by atoms with E-state index in [4.69, 9.17) is 9.51 Å². The number of hydrogen-bond donors (Lipinski definition) is 1. The average Bonchev–Trinajstić information content (AvgIpc) is 3.59. The van der Waals surface area contributed by atoms with Crippen LogP contribution in [0.4, 0.5) is 5.13 Å². The SMILES string of the molecule is CCc1cc(C(=O)N2CCC(c3cc(C(=O)Nc4nccs4)c4ccccc4n3)C2)on1. The predicted octanol–water partition coefficient (Wildman–Crippen LogP) is 4.12. The van der Waals surface area contributed by atoms with Crippen LogP contribution < -0.4 is 5.32 Å². The third kappa shape index (κ3) is 3.87. The molecule has 9 heteroatoms. The van der Waals surface area contributed by atoms with Gasteiger partial charge in [-0.1, -0.05) is 30.3 Å². The first-order valence-corrected chi connectivity index (χ1v) is 11.4. The molecule has 2 amide bonds. The molecule has 0 bridgehead atoms. The fourth-order valence-corrected chi connectivity index (χ4v) is 4.49. The van der Waals surface area contributed by atoms with Gasteiger partial charge < -0.3 is 9.42 Å². The van der Waals surface area contributed by atoms with Crippen molar-refractivity contribution in [2.24, 2.45) is 0 Å². The summed E-state index contributed by atoms with van der Waals surface area (Å²) in [6.45, 7) is 3.08. The Morgan fingerprint density at radius 2 is 2.16 bits per heavy atom. The van der Waals surface area contributed by atoms with E-state index >= 15 is 0 Å². The number of fused-ring (bicyclic) bond motifs is 1. The lowest BCUT2D eigenvalue weighted by atomic mass is 9.99. The van der Waals surface area contributed by atoms with Crippen LogP contribution in [0, 0.1) is 0 Å². The van der Waals surface area contributed by atoms with Crippen LogP contribution in [0.5, 0.6) is 0 Å². The van der Waals surface area contributed by atoms with Crippen molar-refractivity contribution in [1.29, 1.82) is 0 Å². The zero-order valence-corrected chi connectivity index (χ0v) is 18.3. The molecule has 4 aromatic rings. The van der Waals surface area contributed by atoms with E-state index in [-0.39, 0.29) is 23.5 Å². The minimum Gasteiger partial charge on any atom is -0.351 e. The molecule has 4 heterocycles. The number of rotatable bonds is 5. The van der Waals surface area contributed by atoms with Crippen LogP contribution >= 0.6 is 11.3 Å². The smallest absolute Gasteiger partial charge is 0.292 e. The summed E-state index contributed by atoms with van der Waals surface area (Å²) in [5.74, 6) is -0.0947. The van der Waals surface area contributed by atoms with Gasteiger partial charge in [0.15, 0.2) is 5.13 Å². The van der Waals surface area contributed by atoms with Crippen molar-refractivity contribution in [3.05, 3.63) is 70.7 Å². The molecule has 32 heavy (non-hydrogen) atoms. The molecule has 8 nitrogen and oxygen atoms in total. The second-order valence-corrected chi connectivity index (χ2v) is 8.57. The minimum atomic E-state index is -0.223. The normalized spacial score (nSPS) is 15.9. The Bertz CT molecular complexity index is 1280. The van der Waals surface area contributed by atoms with Crippen LogP contribution in [-0.4, -0.2) is 44.9 Å². The number of amides is 2. The molecule has 1 aliphatic rings. The number of aromatic nitrogens is 3. The first kappa shape index (κ1) is 20.3. The number of likely N-dealkylation sites (tertiary alicyclic amines) is 1. The number of para-hydroxylation sites is 1. The Hall–Kier alpha value is -3.59. The molecule has 1 fully saturated rings. The van der Waals surface area contributed by atoms with Gasteiger partial charge in [-0.15, -0.1) is 11.3 Å². The molecular weight excluding hydrogens is 426 g/mol. The summed E-state index contributed by atoms with van der Waals surface area (Å²) in [7, 11) is 0. The Kier molecular flexibility index (Phi) is 5.40. The van der Waals surface area contributed by atoms with E-state index in [2.05, 4.69) is 15.5 Å². The molecule has 1 aliphatic heterocycles. The summed E-state index contributed by atoms with van der Waals surface area (Å²) in [5, 5.41) is 9.92. The van der Waals surface area contributed by atoms with Crippen molar-refractivity contribution < 1.29 is 14.1 Å². The Morgan fingerprint density at radius 3 is 2.94 bits per heavy atom. The molecule has 5 rings (SSSR count). The summed E-state index contributed by atoms with van der Waals surface area (Å²) < 4.78 is 5.21. The van der Waals surface area contributed by atoms with Gasteiger partial charge in [0.05, 0.1) is 16.8 Å². The molecule has 162 valence electrons. The summed E-state index contributed by atoms with van der Waals surface area (Å²) in [4.78, 5) is 36.6. The number of benzene rings is 1. The monoisotopic (exact) mass is 447 g/mol. The molecular formula is C23H21N5O3S. The number of nitrogens with zero attached hydrogens (tertiary/aromatic N) is 4. The van der Waals surface area contributed by atoms with E-state index in [0.29, 0.717) is 30.2 Å². The number of pyridine rings is 1. The van der Waals surface area contributed by atoms with Crippen LogP contribution in [0.2, 0.25) is 0 Å². The van der Waals surface area contributed by atoms with Crippen LogP contribution in [0.15, 0.2) is 52.5 Å². The zero-order chi connectivity index (χ0) is 22.1. The van der Waals surface area contributed by atoms with E-state index in [1.165, 1.54) is 11.3 Å². The van der Waals surface area contributed by atoms with Gasteiger partial charge in [-0.3, -0.25) is 19.9 Å². The van der Waals surface area contributed by atoms with Crippen molar-refractivity contribution in [3.63, 3.8) is 0 Å². The van der Waals surface area contributed by atoms with Crippen LogP contribution in [0.3, 0.4) is 0 Å². The first-order chi connectivity index (χ1) is 15.6. The number of thiazole rings is 1. The molecule has 1 atom stereocenters. The maximum atomic E-state index is 13.0. The van der Waals surface area contributed by atoms with E-state index < -0.39 is 0 Å². The Labute approximate surface area is 188 Å². The Balaban J connectivity index is 1.41. The first-order valence-electron chi connectivity index (χ1n) is 10.5. The number of carbonyl (C=O) groups is 2. The van der Waals surface area contributed by atoms with Crippen LogP contribution in [-0.2, 0) is 6.42 Å². The zero-order valence-electron chi connectivity index (χ0n) is 17.4. The van der Waals surface area contributed by atoms with Crippen molar-refractivity contribution in [2.45, 2.75) is 25.7 Å². The van der Waals surface area contributed by atoms with Crippen molar-refractivity contribution in [3.8, 4) is 0 Å². The summed E-state index contributed by atoms with van der Waals surface area (Å²) in [5.41, 5.74) is 2.86. The molecule has 1 unspecified atom stereocenters. The van der Waals surface area contributed by atoms with E-state index in [1.54, 1.807) is 17.2 Å². The van der Waals surface area contributed by atoms with Crippen LogP contribution in [0.25, 0.3) is 10.9 Å². The highest BCUT2D eigenvalue weighted by Crippen LogP contribution is 2.30. The number of aryl methyl sites for hydroxylation is 1. The van der Waals surface area contributed by atoms with Gasteiger partial charge in [-0.25, -0.2) is 4.98 Å². The van der Waals surface area contributed by atoms with E-state index in [1.807, 2.05) is 42.6 Å². The van der Waals surface area contributed by atoms with Crippen LogP contribution in [0.1, 0.15) is 51.6 Å². The highest BCUT2D eigenvalue weighted by Gasteiger charge is 2.31. The molecule has 1 N–H and O–H groups in total.